The number of amides is 2. The molecule has 2 aromatic carbocycles. The van der Waals surface area contributed by atoms with Gasteiger partial charge in [0, 0.05) is 40.0 Å². The summed E-state index contributed by atoms with van der Waals surface area (Å²) in [5.41, 5.74) is 1.77. The van der Waals surface area contributed by atoms with Gasteiger partial charge < -0.3 is 15.0 Å². The number of anilines is 1. The first-order chi connectivity index (χ1) is 13.0. The maximum atomic E-state index is 12.6. The number of thioether (sulfide) groups is 1. The lowest BCUT2D eigenvalue weighted by molar-refractivity contribution is 0.0303. The van der Waals surface area contributed by atoms with Crippen molar-refractivity contribution in [3.8, 4) is 0 Å². The van der Waals surface area contributed by atoms with E-state index in [9.17, 15) is 9.59 Å². The number of ether oxygens (including phenoxy) is 1. The average Bonchev–Trinajstić information content (AvgIpc) is 2.68. The van der Waals surface area contributed by atoms with Gasteiger partial charge in [-0.2, -0.15) is 0 Å². The van der Waals surface area contributed by atoms with E-state index in [2.05, 4.69) is 19.2 Å². The molecular weight excluding hydrogens is 360 g/mol. The second-order valence-electron chi connectivity index (χ2n) is 6.63. The van der Waals surface area contributed by atoms with Crippen LogP contribution in [-0.4, -0.2) is 48.3 Å². The van der Waals surface area contributed by atoms with Crippen molar-refractivity contribution in [2.45, 2.75) is 24.0 Å². The van der Waals surface area contributed by atoms with Crippen LogP contribution in [0.1, 0.15) is 34.6 Å². The summed E-state index contributed by atoms with van der Waals surface area (Å²) >= 11 is 1.76. The molecular formula is C21H24N2O3S. The van der Waals surface area contributed by atoms with Crippen LogP contribution in [0.15, 0.2) is 53.4 Å². The van der Waals surface area contributed by atoms with Crippen molar-refractivity contribution in [3.63, 3.8) is 0 Å². The van der Waals surface area contributed by atoms with Crippen molar-refractivity contribution in [3.05, 3.63) is 59.7 Å². The minimum absolute atomic E-state index is 0.0375. The summed E-state index contributed by atoms with van der Waals surface area (Å²) < 4.78 is 5.29. The van der Waals surface area contributed by atoms with Crippen LogP contribution < -0.4 is 5.32 Å². The molecule has 6 heteroatoms. The number of benzene rings is 2. The standard InChI is InChI=1S/C21H24N2O3S/c1-15(2)27-19-8-6-16(7-9-19)20(24)22-18-5-3-4-17(14-18)21(25)23-10-12-26-13-11-23/h3-9,14-15H,10-13H2,1-2H3,(H,22,24). The van der Waals surface area contributed by atoms with Gasteiger partial charge in [-0.15, -0.1) is 11.8 Å². The molecule has 27 heavy (non-hydrogen) atoms. The first-order valence-electron chi connectivity index (χ1n) is 9.08. The van der Waals surface area contributed by atoms with Crippen LogP contribution in [0.25, 0.3) is 0 Å². The molecule has 2 amide bonds. The minimum atomic E-state index is -0.188. The number of nitrogens with zero attached hydrogens (tertiary/aromatic N) is 1. The minimum Gasteiger partial charge on any atom is -0.378 e. The van der Waals surface area contributed by atoms with Crippen LogP contribution >= 0.6 is 11.8 Å². The van der Waals surface area contributed by atoms with E-state index >= 15 is 0 Å². The molecule has 1 aliphatic rings. The summed E-state index contributed by atoms with van der Waals surface area (Å²) in [4.78, 5) is 28.0. The lowest BCUT2D eigenvalue weighted by Crippen LogP contribution is -2.40. The summed E-state index contributed by atoms with van der Waals surface area (Å²) in [6.07, 6.45) is 0. The van der Waals surface area contributed by atoms with E-state index in [0.717, 1.165) is 4.90 Å². The van der Waals surface area contributed by atoms with Gasteiger partial charge >= 0.3 is 0 Å². The van der Waals surface area contributed by atoms with Crippen molar-refractivity contribution in [1.82, 2.24) is 4.90 Å². The summed E-state index contributed by atoms with van der Waals surface area (Å²) in [5.74, 6) is -0.225. The Hall–Kier alpha value is -2.31. The van der Waals surface area contributed by atoms with Crippen molar-refractivity contribution >= 4 is 29.3 Å². The van der Waals surface area contributed by atoms with E-state index in [-0.39, 0.29) is 11.8 Å². The Balaban J connectivity index is 1.66. The Morgan fingerprint density at radius 3 is 2.41 bits per heavy atom. The van der Waals surface area contributed by atoms with E-state index in [0.29, 0.717) is 48.4 Å². The number of carbonyl (C=O) groups excluding carboxylic acids is 2. The van der Waals surface area contributed by atoms with Crippen molar-refractivity contribution in [1.29, 1.82) is 0 Å². The highest BCUT2D eigenvalue weighted by Gasteiger charge is 2.19. The number of hydrogen-bond acceptors (Lipinski definition) is 4. The van der Waals surface area contributed by atoms with Gasteiger partial charge in [-0.3, -0.25) is 9.59 Å². The highest BCUT2D eigenvalue weighted by atomic mass is 32.2. The van der Waals surface area contributed by atoms with Crippen LogP contribution in [0.5, 0.6) is 0 Å². The number of hydrogen-bond donors (Lipinski definition) is 1. The third kappa shape index (κ3) is 5.34. The summed E-state index contributed by atoms with van der Waals surface area (Å²) in [6.45, 7) is 6.58. The van der Waals surface area contributed by atoms with Crippen LogP contribution in [-0.2, 0) is 4.74 Å². The first kappa shape index (κ1) is 19.5. The second kappa shape index (κ2) is 9.06. The van der Waals surface area contributed by atoms with Gasteiger partial charge in [-0.1, -0.05) is 19.9 Å². The zero-order valence-electron chi connectivity index (χ0n) is 15.6. The lowest BCUT2D eigenvalue weighted by atomic mass is 10.1. The summed E-state index contributed by atoms with van der Waals surface area (Å²) in [6, 6.07) is 14.6. The highest BCUT2D eigenvalue weighted by molar-refractivity contribution is 7.99. The smallest absolute Gasteiger partial charge is 0.255 e. The van der Waals surface area contributed by atoms with Crippen molar-refractivity contribution < 1.29 is 14.3 Å². The largest absolute Gasteiger partial charge is 0.378 e. The van der Waals surface area contributed by atoms with Gasteiger partial charge in [0.15, 0.2) is 0 Å². The number of morpholine rings is 1. The third-order valence-electron chi connectivity index (χ3n) is 4.15. The Morgan fingerprint density at radius 1 is 1.04 bits per heavy atom. The molecule has 0 bridgehead atoms. The molecule has 1 saturated heterocycles. The predicted molar refractivity (Wildman–Crippen MR) is 109 cm³/mol. The molecule has 1 N–H and O–H groups in total. The summed E-state index contributed by atoms with van der Waals surface area (Å²) in [5, 5.41) is 3.37. The fourth-order valence-corrected chi connectivity index (χ4v) is 3.68. The van der Waals surface area contributed by atoms with Crippen molar-refractivity contribution in [2.75, 3.05) is 31.6 Å². The Bertz CT molecular complexity index is 799. The molecule has 2 aromatic rings. The normalized spacial score (nSPS) is 14.3. The zero-order chi connectivity index (χ0) is 19.2. The van der Waals surface area contributed by atoms with E-state index in [1.165, 1.54) is 0 Å². The van der Waals surface area contributed by atoms with Crippen LogP contribution in [0.4, 0.5) is 5.69 Å². The topological polar surface area (TPSA) is 58.6 Å². The molecule has 0 atom stereocenters. The van der Waals surface area contributed by atoms with Gasteiger partial charge in [0.2, 0.25) is 0 Å². The molecule has 0 unspecified atom stereocenters. The van der Waals surface area contributed by atoms with Gasteiger partial charge in [-0.25, -0.2) is 0 Å². The van der Waals surface area contributed by atoms with Crippen LogP contribution in [0, 0.1) is 0 Å². The molecule has 142 valence electrons. The Kier molecular flexibility index (Phi) is 6.53. The second-order valence-corrected chi connectivity index (χ2v) is 8.28. The molecule has 1 fully saturated rings. The fraction of sp³-hybridized carbons (Fsp3) is 0.333. The Morgan fingerprint density at radius 2 is 1.74 bits per heavy atom. The molecule has 0 aromatic heterocycles. The van der Waals surface area contributed by atoms with Crippen LogP contribution in [0.2, 0.25) is 0 Å². The van der Waals surface area contributed by atoms with E-state index in [1.807, 2.05) is 24.3 Å². The highest BCUT2D eigenvalue weighted by Crippen LogP contribution is 2.23. The molecule has 0 saturated carbocycles. The maximum absolute atomic E-state index is 12.6. The SMILES string of the molecule is CC(C)Sc1ccc(C(=O)Nc2cccc(C(=O)N3CCOCC3)c2)cc1. The van der Waals surface area contributed by atoms with E-state index in [4.69, 9.17) is 4.74 Å². The maximum Gasteiger partial charge on any atom is 0.255 e. The first-order valence-corrected chi connectivity index (χ1v) is 9.96. The molecule has 3 rings (SSSR count). The van der Waals surface area contributed by atoms with E-state index in [1.54, 1.807) is 40.9 Å². The van der Waals surface area contributed by atoms with Gasteiger partial charge in [-0.05, 0) is 42.5 Å². The molecule has 0 radical (unpaired) electrons. The molecule has 0 spiro atoms. The van der Waals surface area contributed by atoms with Crippen molar-refractivity contribution in [2.24, 2.45) is 0 Å². The predicted octanol–water partition coefficient (Wildman–Crippen LogP) is 3.91. The molecule has 1 heterocycles. The zero-order valence-corrected chi connectivity index (χ0v) is 16.4. The number of nitrogens with one attached hydrogen (secondary N) is 1. The van der Waals surface area contributed by atoms with Gasteiger partial charge in [0.1, 0.15) is 0 Å². The van der Waals surface area contributed by atoms with Crippen LogP contribution in [0.3, 0.4) is 0 Å². The Labute approximate surface area is 164 Å². The van der Waals surface area contributed by atoms with Gasteiger partial charge in [0.05, 0.1) is 13.2 Å². The molecule has 5 nitrogen and oxygen atoms in total. The average molecular weight is 385 g/mol. The number of rotatable bonds is 5. The quantitative estimate of drug-likeness (QED) is 0.794. The number of carbonyl (C=O) groups is 2. The monoisotopic (exact) mass is 384 g/mol. The molecule has 0 aliphatic carbocycles. The lowest BCUT2D eigenvalue weighted by Gasteiger charge is -2.27. The van der Waals surface area contributed by atoms with E-state index < -0.39 is 0 Å². The van der Waals surface area contributed by atoms with Gasteiger partial charge in [0.25, 0.3) is 11.8 Å². The fourth-order valence-electron chi connectivity index (χ4n) is 2.84. The third-order valence-corrected chi connectivity index (χ3v) is 5.17. The molecule has 1 aliphatic heterocycles. The summed E-state index contributed by atoms with van der Waals surface area (Å²) in [7, 11) is 0.